The first kappa shape index (κ1) is 25.7. The van der Waals surface area contributed by atoms with Crippen LogP contribution in [-0.2, 0) is 12.8 Å². The van der Waals surface area contributed by atoms with Gasteiger partial charge in [-0.2, -0.15) is 0 Å². The van der Waals surface area contributed by atoms with E-state index in [1.807, 2.05) is 43.3 Å². The van der Waals surface area contributed by atoms with E-state index in [0.29, 0.717) is 35.0 Å². The fourth-order valence-corrected chi connectivity index (χ4v) is 5.08. The first-order valence-corrected chi connectivity index (χ1v) is 13.3. The summed E-state index contributed by atoms with van der Waals surface area (Å²) in [4.78, 5) is 26.4. The smallest absolute Gasteiger partial charge is 0.343 e. The number of hydrogen-bond donors (Lipinski definition) is 0. The van der Waals surface area contributed by atoms with Gasteiger partial charge in [-0.3, -0.25) is 0 Å². The van der Waals surface area contributed by atoms with Crippen LogP contribution in [0.5, 0.6) is 11.5 Å². The van der Waals surface area contributed by atoms with Crippen molar-refractivity contribution in [3.8, 4) is 11.5 Å². The lowest BCUT2D eigenvalue weighted by molar-refractivity contribution is 0.0679. The number of hydrogen-bond acceptors (Lipinski definition) is 4. The first-order valence-electron chi connectivity index (χ1n) is 13.3. The molecule has 0 atom stereocenters. The van der Waals surface area contributed by atoms with Crippen LogP contribution >= 0.6 is 0 Å². The van der Waals surface area contributed by atoms with Gasteiger partial charge in [-0.1, -0.05) is 82.0 Å². The van der Waals surface area contributed by atoms with Crippen LogP contribution in [0.4, 0.5) is 0 Å². The van der Waals surface area contributed by atoms with Crippen LogP contribution in [0.3, 0.4) is 0 Å². The van der Waals surface area contributed by atoms with E-state index in [0.717, 1.165) is 43.2 Å². The third-order valence-electron chi connectivity index (χ3n) is 7.06. The maximum Gasteiger partial charge on any atom is 0.343 e. The largest absolute Gasteiger partial charge is 0.419 e. The minimum Gasteiger partial charge on any atom is -0.419 e. The van der Waals surface area contributed by atoms with Gasteiger partial charge in [0, 0.05) is 5.56 Å². The number of unbranched alkanes of at least 4 members (excludes halogenated alkanes) is 1. The Labute approximate surface area is 214 Å². The van der Waals surface area contributed by atoms with Crippen molar-refractivity contribution in [1.82, 2.24) is 0 Å². The summed E-state index contributed by atoms with van der Waals surface area (Å²) in [5, 5.41) is 0. The van der Waals surface area contributed by atoms with Crippen LogP contribution in [-0.4, -0.2) is 11.9 Å². The minimum atomic E-state index is -0.450. The molecule has 1 aliphatic rings. The second-order valence-electron chi connectivity index (χ2n) is 9.56. The summed E-state index contributed by atoms with van der Waals surface area (Å²) in [5.74, 6) is 0.342. The monoisotopic (exact) mass is 484 g/mol. The van der Waals surface area contributed by atoms with Gasteiger partial charge in [0.2, 0.25) is 0 Å². The molecule has 4 rings (SSSR count). The Hall–Kier alpha value is -3.40. The molecule has 1 saturated carbocycles. The van der Waals surface area contributed by atoms with Gasteiger partial charge in [-0.05, 0) is 73.4 Å². The first-order chi connectivity index (χ1) is 17.6. The summed E-state index contributed by atoms with van der Waals surface area (Å²) in [7, 11) is 0. The SMILES string of the molecule is CCCCc1c(C2CCCCC2)cc(CC)c(OC(=O)c2ccccc2)c1OC(=O)c1ccccc1. The molecule has 4 heteroatoms. The normalized spacial score (nSPS) is 13.8. The molecule has 0 N–H and O–H groups in total. The van der Waals surface area contributed by atoms with Crippen molar-refractivity contribution in [1.29, 1.82) is 0 Å². The van der Waals surface area contributed by atoms with E-state index >= 15 is 0 Å². The molecule has 1 fully saturated rings. The van der Waals surface area contributed by atoms with Gasteiger partial charge in [0.25, 0.3) is 0 Å². The van der Waals surface area contributed by atoms with Crippen molar-refractivity contribution in [2.75, 3.05) is 0 Å². The highest BCUT2D eigenvalue weighted by Gasteiger charge is 2.28. The van der Waals surface area contributed by atoms with Gasteiger partial charge in [-0.15, -0.1) is 0 Å². The average molecular weight is 485 g/mol. The average Bonchev–Trinajstić information content (AvgIpc) is 2.94. The van der Waals surface area contributed by atoms with Crippen molar-refractivity contribution in [3.63, 3.8) is 0 Å². The van der Waals surface area contributed by atoms with Crippen LogP contribution in [0, 0.1) is 0 Å². The molecule has 0 heterocycles. The Balaban J connectivity index is 1.84. The van der Waals surface area contributed by atoms with E-state index in [1.165, 1.54) is 24.8 Å². The second kappa shape index (κ2) is 12.5. The zero-order valence-corrected chi connectivity index (χ0v) is 21.4. The van der Waals surface area contributed by atoms with Crippen molar-refractivity contribution in [2.45, 2.75) is 77.6 Å². The van der Waals surface area contributed by atoms with E-state index < -0.39 is 11.9 Å². The molecule has 3 aromatic rings. The lowest BCUT2D eigenvalue weighted by atomic mass is 9.80. The Morgan fingerprint density at radius 1 is 0.778 bits per heavy atom. The maximum absolute atomic E-state index is 13.3. The number of carbonyl (C=O) groups excluding carboxylic acids is 2. The molecule has 0 amide bonds. The van der Waals surface area contributed by atoms with Gasteiger partial charge >= 0.3 is 11.9 Å². The molecule has 4 nitrogen and oxygen atoms in total. The van der Waals surface area contributed by atoms with Crippen LogP contribution < -0.4 is 9.47 Å². The molecule has 0 aliphatic heterocycles. The Bertz CT molecular complexity index is 1160. The van der Waals surface area contributed by atoms with Crippen molar-refractivity contribution < 1.29 is 19.1 Å². The quantitative estimate of drug-likeness (QED) is 0.228. The lowest BCUT2D eigenvalue weighted by Crippen LogP contribution is -2.17. The fraction of sp³-hybridized carbons (Fsp3) is 0.375. The maximum atomic E-state index is 13.3. The summed E-state index contributed by atoms with van der Waals surface area (Å²) >= 11 is 0. The van der Waals surface area contributed by atoms with Crippen molar-refractivity contribution in [3.05, 3.63) is 94.5 Å². The van der Waals surface area contributed by atoms with Gasteiger partial charge in [0.15, 0.2) is 11.5 Å². The minimum absolute atomic E-state index is 0.376. The van der Waals surface area contributed by atoms with Gasteiger partial charge < -0.3 is 9.47 Å². The molecule has 0 spiro atoms. The molecule has 0 bridgehead atoms. The lowest BCUT2D eigenvalue weighted by Gasteiger charge is -2.28. The summed E-state index contributed by atoms with van der Waals surface area (Å²) in [5.41, 5.74) is 4.11. The molecular weight excluding hydrogens is 448 g/mol. The highest BCUT2D eigenvalue weighted by molar-refractivity contribution is 5.93. The second-order valence-corrected chi connectivity index (χ2v) is 9.56. The zero-order valence-electron chi connectivity index (χ0n) is 21.4. The number of benzene rings is 3. The van der Waals surface area contributed by atoms with E-state index in [9.17, 15) is 9.59 Å². The molecule has 0 saturated heterocycles. The van der Waals surface area contributed by atoms with Gasteiger partial charge in [0.1, 0.15) is 0 Å². The molecular formula is C32H36O4. The van der Waals surface area contributed by atoms with Crippen LogP contribution in [0.15, 0.2) is 66.7 Å². The van der Waals surface area contributed by atoms with E-state index in [1.54, 1.807) is 24.3 Å². The molecule has 3 aromatic carbocycles. The molecule has 0 unspecified atom stereocenters. The van der Waals surface area contributed by atoms with Crippen LogP contribution in [0.25, 0.3) is 0 Å². The van der Waals surface area contributed by atoms with Gasteiger partial charge in [-0.25, -0.2) is 9.59 Å². The Kier molecular flexibility index (Phi) is 8.94. The fourth-order valence-electron chi connectivity index (χ4n) is 5.08. The number of rotatable bonds is 9. The molecule has 36 heavy (non-hydrogen) atoms. The molecule has 1 aliphatic carbocycles. The molecule has 188 valence electrons. The summed E-state index contributed by atoms with van der Waals surface area (Å²) in [6, 6.07) is 20.2. The summed E-state index contributed by atoms with van der Waals surface area (Å²) in [6.45, 7) is 4.21. The van der Waals surface area contributed by atoms with Crippen molar-refractivity contribution in [2.24, 2.45) is 0 Å². The zero-order chi connectivity index (χ0) is 25.3. The molecule has 0 aromatic heterocycles. The number of carbonyl (C=O) groups is 2. The van der Waals surface area contributed by atoms with Crippen LogP contribution in [0.1, 0.15) is 102 Å². The number of esters is 2. The van der Waals surface area contributed by atoms with Crippen molar-refractivity contribution >= 4 is 11.9 Å². The van der Waals surface area contributed by atoms with E-state index in [2.05, 4.69) is 13.0 Å². The highest BCUT2D eigenvalue weighted by atomic mass is 16.6. The molecule has 0 radical (unpaired) electrons. The Morgan fingerprint density at radius 3 is 1.86 bits per heavy atom. The summed E-state index contributed by atoms with van der Waals surface area (Å²) in [6.07, 6.45) is 9.39. The summed E-state index contributed by atoms with van der Waals surface area (Å²) < 4.78 is 12.2. The predicted octanol–water partition coefficient (Wildman–Crippen LogP) is 8.08. The highest BCUT2D eigenvalue weighted by Crippen LogP contribution is 2.45. The van der Waals surface area contributed by atoms with Crippen LogP contribution in [0.2, 0.25) is 0 Å². The number of ether oxygens (including phenoxy) is 2. The van der Waals surface area contributed by atoms with E-state index in [-0.39, 0.29) is 0 Å². The Morgan fingerprint density at radius 2 is 1.33 bits per heavy atom. The topological polar surface area (TPSA) is 52.6 Å². The standard InChI is InChI=1S/C32H36O4/c1-3-5-21-27-28(24-15-9-6-10-16-24)22-23(4-2)29(35-31(33)25-17-11-7-12-18-25)30(27)36-32(34)26-19-13-8-14-20-26/h7-8,11-14,17-20,22,24H,3-6,9-10,15-16,21H2,1-2H3. The predicted molar refractivity (Wildman–Crippen MR) is 143 cm³/mol. The number of aryl methyl sites for hydroxylation is 1. The van der Waals surface area contributed by atoms with Gasteiger partial charge in [0.05, 0.1) is 11.1 Å². The third-order valence-corrected chi connectivity index (χ3v) is 7.06. The third kappa shape index (κ3) is 6.04. The van der Waals surface area contributed by atoms with E-state index in [4.69, 9.17) is 9.47 Å².